The summed E-state index contributed by atoms with van der Waals surface area (Å²) in [5.74, 6) is 3.30. The van der Waals surface area contributed by atoms with Crippen LogP contribution in [0.3, 0.4) is 0 Å². The van der Waals surface area contributed by atoms with Crippen molar-refractivity contribution in [2.75, 3.05) is 47.5 Å². The molecule has 1 aliphatic heterocycles. The number of benzene rings is 1. The van der Waals surface area contributed by atoms with Crippen LogP contribution in [-0.2, 0) is 6.54 Å². The molecule has 0 radical (unpaired) electrons. The van der Waals surface area contributed by atoms with E-state index in [9.17, 15) is 0 Å². The third-order valence-corrected chi connectivity index (χ3v) is 5.35. The van der Waals surface area contributed by atoms with Crippen molar-refractivity contribution in [2.24, 2.45) is 10.9 Å². The number of hydrogen-bond acceptors (Lipinski definition) is 5. The van der Waals surface area contributed by atoms with E-state index in [2.05, 4.69) is 36.3 Å². The Morgan fingerprint density at radius 2 is 1.66 bits per heavy atom. The molecule has 1 aromatic carbocycles. The van der Waals surface area contributed by atoms with Gasteiger partial charge < -0.3 is 24.8 Å². The summed E-state index contributed by atoms with van der Waals surface area (Å²) in [4.78, 5) is 7.37. The van der Waals surface area contributed by atoms with Crippen LogP contribution in [0.4, 0.5) is 0 Å². The van der Waals surface area contributed by atoms with Gasteiger partial charge in [0.1, 0.15) is 0 Å². The van der Waals surface area contributed by atoms with Gasteiger partial charge in [0.05, 0.1) is 27.9 Å². The SMILES string of the molecule is CCNC(=NCc1cc(OC)c(OC)c(OC)c1)NCC(C(C)C)N1CCCC1. The van der Waals surface area contributed by atoms with Gasteiger partial charge in [0.25, 0.3) is 0 Å². The fourth-order valence-electron chi connectivity index (χ4n) is 3.80. The van der Waals surface area contributed by atoms with Gasteiger partial charge in [0.2, 0.25) is 5.75 Å². The van der Waals surface area contributed by atoms with Gasteiger partial charge in [-0.1, -0.05) is 13.8 Å². The van der Waals surface area contributed by atoms with Gasteiger partial charge in [-0.25, -0.2) is 4.99 Å². The maximum Gasteiger partial charge on any atom is 0.203 e. The summed E-state index contributed by atoms with van der Waals surface area (Å²) >= 11 is 0. The maximum atomic E-state index is 5.45. The quantitative estimate of drug-likeness (QED) is 0.460. The number of aliphatic imine (C=N–C) groups is 1. The number of ether oxygens (including phenoxy) is 3. The normalized spacial score (nSPS) is 16.0. The molecule has 0 aromatic heterocycles. The number of nitrogens with one attached hydrogen (secondary N) is 2. The van der Waals surface area contributed by atoms with Crippen LogP contribution in [0.5, 0.6) is 17.2 Å². The monoisotopic (exact) mass is 406 g/mol. The Bertz CT molecular complexity index is 632. The maximum absolute atomic E-state index is 5.45. The molecule has 1 unspecified atom stereocenters. The largest absolute Gasteiger partial charge is 0.493 e. The molecule has 2 rings (SSSR count). The molecule has 1 aromatic rings. The smallest absolute Gasteiger partial charge is 0.203 e. The first-order valence-corrected chi connectivity index (χ1v) is 10.6. The second-order valence-corrected chi connectivity index (χ2v) is 7.66. The lowest BCUT2D eigenvalue weighted by Crippen LogP contribution is -2.48. The Balaban J connectivity index is 2.10. The predicted molar refractivity (Wildman–Crippen MR) is 118 cm³/mol. The summed E-state index contributed by atoms with van der Waals surface area (Å²) in [6, 6.07) is 4.40. The molecule has 0 aliphatic carbocycles. The summed E-state index contributed by atoms with van der Waals surface area (Å²) in [5.41, 5.74) is 0.997. The zero-order valence-corrected chi connectivity index (χ0v) is 18.9. The van der Waals surface area contributed by atoms with Crippen molar-refractivity contribution in [2.45, 2.75) is 46.2 Å². The number of hydrogen-bond donors (Lipinski definition) is 2. The third-order valence-electron chi connectivity index (χ3n) is 5.35. The lowest BCUT2D eigenvalue weighted by molar-refractivity contribution is 0.192. The molecule has 1 fully saturated rings. The first-order valence-electron chi connectivity index (χ1n) is 10.6. The number of guanidine groups is 1. The summed E-state index contributed by atoms with van der Waals surface area (Å²) in [5, 5.41) is 6.89. The summed E-state index contributed by atoms with van der Waals surface area (Å²) in [7, 11) is 4.86. The molecule has 0 saturated carbocycles. The van der Waals surface area contributed by atoms with E-state index in [1.165, 1.54) is 25.9 Å². The van der Waals surface area contributed by atoms with Crippen molar-refractivity contribution in [3.8, 4) is 17.2 Å². The Morgan fingerprint density at radius 3 is 2.14 bits per heavy atom. The highest BCUT2D eigenvalue weighted by molar-refractivity contribution is 5.79. The van der Waals surface area contributed by atoms with Crippen molar-refractivity contribution in [1.29, 1.82) is 0 Å². The molecule has 1 heterocycles. The molecule has 1 aliphatic rings. The molecule has 0 amide bonds. The molecule has 0 spiro atoms. The van der Waals surface area contributed by atoms with Gasteiger partial charge >= 0.3 is 0 Å². The van der Waals surface area contributed by atoms with E-state index in [0.717, 1.165) is 24.6 Å². The molecule has 29 heavy (non-hydrogen) atoms. The van der Waals surface area contributed by atoms with E-state index >= 15 is 0 Å². The number of rotatable bonds is 10. The zero-order valence-electron chi connectivity index (χ0n) is 18.9. The topological polar surface area (TPSA) is 67.4 Å². The first-order chi connectivity index (χ1) is 14.0. The van der Waals surface area contributed by atoms with Crippen LogP contribution >= 0.6 is 0 Å². The lowest BCUT2D eigenvalue weighted by Gasteiger charge is -2.31. The second-order valence-electron chi connectivity index (χ2n) is 7.66. The molecule has 0 bridgehead atoms. The van der Waals surface area contributed by atoms with Crippen molar-refractivity contribution < 1.29 is 14.2 Å². The molecule has 1 saturated heterocycles. The van der Waals surface area contributed by atoms with Gasteiger partial charge in [-0.05, 0) is 56.5 Å². The zero-order chi connectivity index (χ0) is 21.2. The van der Waals surface area contributed by atoms with E-state index in [1.807, 2.05) is 12.1 Å². The van der Waals surface area contributed by atoms with Crippen LogP contribution in [0.1, 0.15) is 39.2 Å². The van der Waals surface area contributed by atoms with Crippen molar-refractivity contribution in [1.82, 2.24) is 15.5 Å². The number of likely N-dealkylation sites (tertiary alicyclic amines) is 1. The average Bonchev–Trinajstić information content (AvgIpc) is 3.25. The average molecular weight is 407 g/mol. The van der Waals surface area contributed by atoms with Crippen LogP contribution in [0.25, 0.3) is 0 Å². The first kappa shape index (κ1) is 23.1. The van der Waals surface area contributed by atoms with E-state index in [0.29, 0.717) is 35.8 Å². The molecule has 2 N–H and O–H groups in total. The molecule has 7 nitrogen and oxygen atoms in total. The fourth-order valence-corrected chi connectivity index (χ4v) is 3.80. The standard InChI is InChI=1S/C22H38N4O3/c1-7-23-22(25-15-18(16(2)3)26-10-8-9-11-26)24-14-17-12-19(27-4)21(29-6)20(13-17)28-5/h12-13,16,18H,7-11,14-15H2,1-6H3,(H2,23,24,25). The van der Waals surface area contributed by atoms with E-state index in [-0.39, 0.29) is 0 Å². The molecule has 7 heteroatoms. The third kappa shape index (κ3) is 6.42. The summed E-state index contributed by atoms with van der Waals surface area (Å²) in [6.45, 7) is 11.3. The highest BCUT2D eigenvalue weighted by Crippen LogP contribution is 2.38. The second kappa shape index (κ2) is 11.8. The summed E-state index contributed by atoms with van der Waals surface area (Å²) in [6.07, 6.45) is 2.61. The van der Waals surface area contributed by atoms with E-state index < -0.39 is 0 Å². The summed E-state index contributed by atoms with van der Waals surface area (Å²) < 4.78 is 16.3. The molecular weight excluding hydrogens is 368 g/mol. The highest BCUT2D eigenvalue weighted by Gasteiger charge is 2.24. The predicted octanol–water partition coefficient (Wildman–Crippen LogP) is 2.89. The van der Waals surface area contributed by atoms with Crippen molar-refractivity contribution in [3.05, 3.63) is 17.7 Å². The van der Waals surface area contributed by atoms with Crippen molar-refractivity contribution in [3.63, 3.8) is 0 Å². The van der Waals surface area contributed by atoms with E-state index in [4.69, 9.17) is 19.2 Å². The lowest BCUT2D eigenvalue weighted by atomic mass is 10.0. The number of methoxy groups -OCH3 is 3. The van der Waals surface area contributed by atoms with Crippen LogP contribution in [0.2, 0.25) is 0 Å². The van der Waals surface area contributed by atoms with Crippen molar-refractivity contribution >= 4 is 5.96 Å². The molecule has 164 valence electrons. The molecule has 1 atom stereocenters. The Labute approximate surface area is 175 Å². The van der Waals surface area contributed by atoms with E-state index in [1.54, 1.807) is 21.3 Å². The minimum absolute atomic E-state index is 0.516. The van der Waals surface area contributed by atoms with Crippen LogP contribution < -0.4 is 24.8 Å². The highest BCUT2D eigenvalue weighted by atomic mass is 16.5. The van der Waals surface area contributed by atoms with Gasteiger partial charge in [0, 0.05) is 19.1 Å². The fraction of sp³-hybridized carbons (Fsp3) is 0.682. The van der Waals surface area contributed by atoms with Gasteiger partial charge in [-0.3, -0.25) is 4.90 Å². The van der Waals surface area contributed by atoms with Gasteiger partial charge in [-0.2, -0.15) is 0 Å². The van der Waals surface area contributed by atoms with Crippen LogP contribution in [0, 0.1) is 5.92 Å². The Kier molecular flexibility index (Phi) is 9.38. The van der Waals surface area contributed by atoms with Crippen LogP contribution in [0.15, 0.2) is 17.1 Å². The van der Waals surface area contributed by atoms with Gasteiger partial charge in [-0.15, -0.1) is 0 Å². The minimum Gasteiger partial charge on any atom is -0.493 e. The Morgan fingerprint density at radius 1 is 1.03 bits per heavy atom. The number of nitrogens with zero attached hydrogens (tertiary/aromatic N) is 2. The molecular formula is C22H38N4O3. The van der Waals surface area contributed by atoms with Crippen LogP contribution in [-0.4, -0.2) is 64.4 Å². The van der Waals surface area contributed by atoms with Gasteiger partial charge in [0.15, 0.2) is 17.5 Å². The minimum atomic E-state index is 0.516. The Hall–Kier alpha value is -2.15.